The Morgan fingerprint density at radius 2 is 2.18 bits per heavy atom. The van der Waals surface area contributed by atoms with Gasteiger partial charge in [0, 0.05) is 23.5 Å². The number of nitrogens with zero attached hydrogens (tertiary/aromatic N) is 1. The fourth-order valence-electron chi connectivity index (χ4n) is 3.01. The van der Waals surface area contributed by atoms with Gasteiger partial charge in [-0.25, -0.2) is 0 Å². The number of unbranched alkanes of at least 4 members (excludes halogenated alkanes) is 1. The molecule has 0 radical (unpaired) electrons. The van der Waals surface area contributed by atoms with Gasteiger partial charge in [0.05, 0.1) is 11.6 Å². The summed E-state index contributed by atoms with van der Waals surface area (Å²) >= 11 is 0. The van der Waals surface area contributed by atoms with E-state index in [2.05, 4.69) is 18.0 Å². The SMILES string of the molecule is CCCC[C@@H]1C=CCN1C(=O)c1cc(=O)[nH]c2ccccc12. The highest BCUT2D eigenvalue weighted by atomic mass is 16.2. The van der Waals surface area contributed by atoms with Gasteiger partial charge in [-0.15, -0.1) is 0 Å². The summed E-state index contributed by atoms with van der Waals surface area (Å²) in [5.74, 6) is -0.0617. The lowest BCUT2D eigenvalue weighted by molar-refractivity contribution is 0.0745. The maximum atomic E-state index is 12.9. The fourth-order valence-corrected chi connectivity index (χ4v) is 3.01. The first-order chi connectivity index (χ1) is 10.7. The molecule has 1 aliphatic heterocycles. The average molecular weight is 296 g/mol. The van der Waals surface area contributed by atoms with Gasteiger partial charge < -0.3 is 9.88 Å². The van der Waals surface area contributed by atoms with E-state index in [1.807, 2.05) is 35.2 Å². The summed E-state index contributed by atoms with van der Waals surface area (Å²) in [6, 6.07) is 9.00. The third-order valence-electron chi connectivity index (χ3n) is 4.16. The number of aromatic nitrogens is 1. The lowest BCUT2D eigenvalue weighted by Gasteiger charge is -2.25. The van der Waals surface area contributed by atoms with E-state index < -0.39 is 0 Å². The quantitative estimate of drug-likeness (QED) is 0.881. The highest BCUT2D eigenvalue weighted by Crippen LogP contribution is 2.22. The van der Waals surface area contributed by atoms with Crippen LogP contribution in [0.25, 0.3) is 10.9 Å². The molecule has 1 aromatic carbocycles. The van der Waals surface area contributed by atoms with Crippen molar-refractivity contribution < 1.29 is 4.79 Å². The zero-order valence-electron chi connectivity index (χ0n) is 12.7. The molecule has 0 fully saturated rings. The molecule has 0 spiro atoms. The van der Waals surface area contributed by atoms with Crippen LogP contribution in [0.15, 0.2) is 47.3 Å². The molecule has 2 aromatic rings. The molecule has 1 aliphatic rings. The number of benzene rings is 1. The molecular formula is C18H20N2O2. The topological polar surface area (TPSA) is 53.2 Å². The third kappa shape index (κ3) is 2.69. The molecule has 1 aromatic heterocycles. The van der Waals surface area contributed by atoms with E-state index in [0.717, 1.165) is 24.6 Å². The Hall–Kier alpha value is -2.36. The van der Waals surface area contributed by atoms with Crippen LogP contribution < -0.4 is 5.56 Å². The Bertz CT molecular complexity index is 776. The summed E-state index contributed by atoms with van der Waals surface area (Å²) in [4.78, 5) is 29.4. The Kier molecular flexibility index (Phi) is 4.09. The fraction of sp³-hybridized carbons (Fsp3) is 0.333. The van der Waals surface area contributed by atoms with Crippen molar-refractivity contribution in [2.24, 2.45) is 0 Å². The second kappa shape index (κ2) is 6.18. The number of amides is 1. The number of nitrogens with one attached hydrogen (secondary N) is 1. The normalized spacial score (nSPS) is 17.3. The van der Waals surface area contributed by atoms with Crippen LogP contribution in [0.2, 0.25) is 0 Å². The van der Waals surface area contributed by atoms with Crippen LogP contribution in [0, 0.1) is 0 Å². The molecule has 114 valence electrons. The number of para-hydroxylation sites is 1. The predicted octanol–water partition coefficient (Wildman–Crippen LogP) is 3.10. The molecule has 2 heterocycles. The zero-order chi connectivity index (χ0) is 15.5. The molecule has 1 amide bonds. The Labute approximate surface area is 129 Å². The zero-order valence-corrected chi connectivity index (χ0v) is 12.7. The van der Waals surface area contributed by atoms with Gasteiger partial charge >= 0.3 is 0 Å². The molecular weight excluding hydrogens is 276 g/mol. The number of fused-ring (bicyclic) bond motifs is 1. The maximum Gasteiger partial charge on any atom is 0.255 e. The van der Waals surface area contributed by atoms with Gasteiger partial charge in [0.1, 0.15) is 0 Å². The van der Waals surface area contributed by atoms with Crippen LogP contribution in [0.3, 0.4) is 0 Å². The highest BCUT2D eigenvalue weighted by molar-refractivity contribution is 6.06. The summed E-state index contributed by atoms with van der Waals surface area (Å²) in [6.45, 7) is 2.77. The van der Waals surface area contributed by atoms with Gasteiger partial charge in [-0.05, 0) is 12.5 Å². The minimum absolute atomic E-state index is 0.0617. The summed E-state index contributed by atoms with van der Waals surface area (Å²) in [6.07, 6.45) is 7.31. The number of hydrogen-bond donors (Lipinski definition) is 1. The average Bonchev–Trinajstić information content (AvgIpc) is 2.99. The van der Waals surface area contributed by atoms with E-state index in [1.54, 1.807) is 0 Å². The van der Waals surface area contributed by atoms with E-state index in [9.17, 15) is 9.59 Å². The van der Waals surface area contributed by atoms with Crippen LogP contribution in [0.5, 0.6) is 0 Å². The van der Waals surface area contributed by atoms with Crippen molar-refractivity contribution in [3.63, 3.8) is 0 Å². The molecule has 0 bridgehead atoms. The van der Waals surface area contributed by atoms with E-state index in [1.165, 1.54) is 6.07 Å². The van der Waals surface area contributed by atoms with Crippen LogP contribution in [-0.2, 0) is 0 Å². The first kappa shape index (κ1) is 14.6. The monoisotopic (exact) mass is 296 g/mol. The van der Waals surface area contributed by atoms with Crippen molar-refractivity contribution in [1.29, 1.82) is 0 Å². The summed E-state index contributed by atoms with van der Waals surface area (Å²) < 4.78 is 0. The van der Waals surface area contributed by atoms with Gasteiger partial charge in [0.25, 0.3) is 5.91 Å². The predicted molar refractivity (Wildman–Crippen MR) is 88.1 cm³/mol. The molecule has 0 aliphatic carbocycles. The lowest BCUT2D eigenvalue weighted by Crippen LogP contribution is -2.36. The Morgan fingerprint density at radius 1 is 1.36 bits per heavy atom. The Morgan fingerprint density at radius 3 is 3.00 bits per heavy atom. The van der Waals surface area contributed by atoms with Crippen molar-refractivity contribution in [2.45, 2.75) is 32.2 Å². The van der Waals surface area contributed by atoms with Crippen LogP contribution >= 0.6 is 0 Å². The summed E-state index contributed by atoms with van der Waals surface area (Å²) in [5, 5.41) is 0.799. The minimum atomic E-state index is -0.237. The summed E-state index contributed by atoms with van der Waals surface area (Å²) in [7, 11) is 0. The van der Waals surface area contributed by atoms with Crippen LogP contribution in [0.1, 0.15) is 36.5 Å². The maximum absolute atomic E-state index is 12.9. The highest BCUT2D eigenvalue weighted by Gasteiger charge is 2.26. The number of rotatable bonds is 4. The van der Waals surface area contributed by atoms with Gasteiger partial charge in [0.2, 0.25) is 5.56 Å². The van der Waals surface area contributed by atoms with Crippen molar-refractivity contribution in [1.82, 2.24) is 9.88 Å². The third-order valence-corrected chi connectivity index (χ3v) is 4.16. The standard InChI is InChI=1S/C18H20N2O2/c1-2-3-7-13-8-6-11-20(13)18(22)15-12-17(21)19-16-10-5-4-9-14(15)16/h4-6,8-10,12-13H,2-3,7,11H2,1H3,(H,19,21)/t13-/m1/s1. The molecule has 0 unspecified atom stereocenters. The number of H-pyrrole nitrogens is 1. The largest absolute Gasteiger partial charge is 0.328 e. The molecule has 22 heavy (non-hydrogen) atoms. The second-order valence-corrected chi connectivity index (χ2v) is 5.69. The minimum Gasteiger partial charge on any atom is -0.328 e. The first-order valence-corrected chi connectivity index (χ1v) is 7.80. The van der Waals surface area contributed by atoms with Crippen LogP contribution in [-0.4, -0.2) is 28.4 Å². The van der Waals surface area contributed by atoms with E-state index >= 15 is 0 Å². The van der Waals surface area contributed by atoms with E-state index in [0.29, 0.717) is 17.6 Å². The number of hydrogen-bond acceptors (Lipinski definition) is 2. The molecule has 0 saturated heterocycles. The molecule has 3 rings (SSSR count). The molecule has 1 N–H and O–H groups in total. The summed E-state index contributed by atoms with van der Waals surface area (Å²) in [5.41, 5.74) is 0.958. The number of carbonyl (C=O) groups is 1. The van der Waals surface area contributed by atoms with Crippen molar-refractivity contribution in [3.8, 4) is 0 Å². The molecule has 0 saturated carbocycles. The smallest absolute Gasteiger partial charge is 0.255 e. The first-order valence-electron chi connectivity index (χ1n) is 7.80. The van der Waals surface area contributed by atoms with Gasteiger partial charge in [-0.3, -0.25) is 9.59 Å². The van der Waals surface area contributed by atoms with Crippen molar-refractivity contribution in [2.75, 3.05) is 6.54 Å². The van der Waals surface area contributed by atoms with Crippen molar-refractivity contribution >= 4 is 16.8 Å². The number of carbonyl (C=O) groups excluding carboxylic acids is 1. The Balaban J connectivity index is 1.97. The molecule has 4 nitrogen and oxygen atoms in total. The number of pyridine rings is 1. The van der Waals surface area contributed by atoms with Crippen LogP contribution in [0.4, 0.5) is 0 Å². The van der Waals surface area contributed by atoms with Gasteiger partial charge in [-0.1, -0.05) is 50.1 Å². The van der Waals surface area contributed by atoms with Gasteiger partial charge in [-0.2, -0.15) is 0 Å². The van der Waals surface area contributed by atoms with E-state index in [4.69, 9.17) is 0 Å². The lowest BCUT2D eigenvalue weighted by atomic mass is 10.1. The van der Waals surface area contributed by atoms with Gasteiger partial charge in [0.15, 0.2) is 0 Å². The second-order valence-electron chi connectivity index (χ2n) is 5.69. The molecule has 4 heteroatoms. The number of aromatic amines is 1. The van der Waals surface area contributed by atoms with Crippen molar-refractivity contribution in [3.05, 3.63) is 58.4 Å². The van der Waals surface area contributed by atoms with E-state index in [-0.39, 0.29) is 17.5 Å². The molecule has 1 atom stereocenters.